The van der Waals surface area contributed by atoms with Gasteiger partial charge in [-0.15, -0.1) is 0 Å². The van der Waals surface area contributed by atoms with Crippen LogP contribution in [0.15, 0.2) is 53.8 Å². The van der Waals surface area contributed by atoms with Crippen LogP contribution in [-0.2, 0) is 6.42 Å². The molecule has 1 aliphatic carbocycles. The second-order valence-corrected chi connectivity index (χ2v) is 10.8. The minimum absolute atomic E-state index is 0.327. The van der Waals surface area contributed by atoms with Crippen molar-refractivity contribution in [2.75, 3.05) is 5.73 Å². The quantitative estimate of drug-likeness (QED) is 0.337. The van der Waals surface area contributed by atoms with Crippen molar-refractivity contribution in [3.8, 4) is 5.88 Å². The number of aliphatic imine (C=N–C) groups is 1. The number of aromatic amines is 1. The van der Waals surface area contributed by atoms with E-state index in [1.54, 1.807) is 0 Å². The summed E-state index contributed by atoms with van der Waals surface area (Å²) in [5, 5.41) is 0.735. The van der Waals surface area contributed by atoms with Gasteiger partial charge in [0.05, 0.1) is 16.7 Å². The maximum Gasteiger partial charge on any atom is 0.246 e. The molecule has 0 unspecified atom stereocenters. The molecule has 0 atom stereocenters. The van der Waals surface area contributed by atoms with Crippen LogP contribution in [0.25, 0.3) is 11.0 Å². The van der Waals surface area contributed by atoms with Crippen molar-refractivity contribution in [1.82, 2.24) is 19.9 Å². The average molecular weight is 501 g/mol. The number of H-pyrrole nitrogens is 1. The van der Waals surface area contributed by atoms with Crippen molar-refractivity contribution in [3.05, 3.63) is 70.8 Å². The molecule has 8 heteroatoms. The summed E-state index contributed by atoms with van der Waals surface area (Å²) in [6, 6.07) is 14.6. The van der Waals surface area contributed by atoms with Gasteiger partial charge in [0.1, 0.15) is 17.8 Å². The highest BCUT2D eigenvalue weighted by molar-refractivity contribution is 6.31. The first-order chi connectivity index (χ1) is 17.4. The maximum atomic E-state index is 6.12. The van der Waals surface area contributed by atoms with Crippen LogP contribution in [0.2, 0.25) is 5.02 Å². The Hall–Kier alpha value is -3.45. The fraction of sp³-hybridized carbons (Fsp3) is 0.357. The minimum Gasteiger partial charge on any atom is -0.463 e. The molecular formula is C28H29ClN6O. The molecule has 0 saturated heterocycles. The smallest absolute Gasteiger partial charge is 0.246 e. The van der Waals surface area contributed by atoms with E-state index in [9.17, 15) is 0 Å². The molecule has 1 saturated carbocycles. The molecule has 1 aliphatic heterocycles. The monoisotopic (exact) mass is 500 g/mol. The van der Waals surface area contributed by atoms with Gasteiger partial charge in [-0.3, -0.25) is 0 Å². The first-order valence-corrected chi connectivity index (χ1v) is 12.9. The third kappa shape index (κ3) is 4.32. The first-order valence-electron chi connectivity index (χ1n) is 12.5. The summed E-state index contributed by atoms with van der Waals surface area (Å²) in [4.78, 5) is 21.3. The highest BCUT2D eigenvalue weighted by Gasteiger charge is 2.35. The SMILES string of the molecule is CC1(C)Oc2ncnc(N)c2N=C1c1ccc(C2CCC(Cc3nc4ccc(Cl)cc4[nH]3)CC2)cc1. The molecule has 2 aromatic carbocycles. The zero-order valence-corrected chi connectivity index (χ0v) is 21.2. The largest absolute Gasteiger partial charge is 0.463 e. The number of halogens is 1. The summed E-state index contributed by atoms with van der Waals surface area (Å²) in [5.41, 5.74) is 11.2. The molecule has 3 N–H and O–H groups in total. The van der Waals surface area contributed by atoms with Crippen LogP contribution in [0.4, 0.5) is 11.5 Å². The number of hydrogen-bond acceptors (Lipinski definition) is 6. The number of benzene rings is 2. The predicted octanol–water partition coefficient (Wildman–Crippen LogP) is 6.40. The molecule has 1 fully saturated rings. The Morgan fingerprint density at radius 2 is 1.83 bits per heavy atom. The zero-order valence-electron chi connectivity index (χ0n) is 20.5. The van der Waals surface area contributed by atoms with Crippen LogP contribution in [0, 0.1) is 5.92 Å². The van der Waals surface area contributed by atoms with Gasteiger partial charge in [0.25, 0.3) is 0 Å². The van der Waals surface area contributed by atoms with Crippen molar-refractivity contribution >= 4 is 39.9 Å². The number of nitrogens with one attached hydrogen (secondary N) is 1. The summed E-state index contributed by atoms with van der Waals surface area (Å²) in [6.07, 6.45) is 7.17. The molecule has 7 nitrogen and oxygen atoms in total. The Morgan fingerprint density at radius 1 is 1.06 bits per heavy atom. The van der Waals surface area contributed by atoms with Gasteiger partial charge < -0.3 is 15.5 Å². The fourth-order valence-electron chi connectivity index (χ4n) is 5.52. The van der Waals surface area contributed by atoms with E-state index >= 15 is 0 Å². The molecule has 36 heavy (non-hydrogen) atoms. The van der Waals surface area contributed by atoms with Crippen molar-refractivity contribution in [3.63, 3.8) is 0 Å². The van der Waals surface area contributed by atoms with Crippen molar-refractivity contribution < 1.29 is 4.74 Å². The number of ether oxygens (including phenoxy) is 1. The van der Waals surface area contributed by atoms with Gasteiger partial charge in [0.15, 0.2) is 11.5 Å². The molecule has 0 radical (unpaired) electrons. The summed E-state index contributed by atoms with van der Waals surface area (Å²) in [6.45, 7) is 4.00. The van der Waals surface area contributed by atoms with Gasteiger partial charge in [-0.1, -0.05) is 35.9 Å². The number of aromatic nitrogens is 4. The lowest BCUT2D eigenvalue weighted by atomic mass is 9.77. The number of hydrogen-bond donors (Lipinski definition) is 2. The van der Waals surface area contributed by atoms with Gasteiger partial charge in [0.2, 0.25) is 5.88 Å². The Kier molecular flexibility index (Phi) is 5.67. The summed E-state index contributed by atoms with van der Waals surface area (Å²) in [5.74, 6) is 3.04. The molecule has 2 aromatic heterocycles. The Balaban J connectivity index is 1.13. The highest BCUT2D eigenvalue weighted by atomic mass is 35.5. The molecular weight excluding hydrogens is 472 g/mol. The molecule has 4 aromatic rings. The number of fused-ring (bicyclic) bond motifs is 2. The van der Waals surface area contributed by atoms with E-state index in [0.717, 1.165) is 39.6 Å². The molecule has 0 amide bonds. The van der Waals surface area contributed by atoms with Gasteiger partial charge >= 0.3 is 0 Å². The lowest BCUT2D eigenvalue weighted by molar-refractivity contribution is 0.171. The van der Waals surface area contributed by atoms with E-state index in [0.29, 0.717) is 29.2 Å². The van der Waals surface area contributed by atoms with Crippen molar-refractivity contribution in [2.45, 2.75) is 57.5 Å². The summed E-state index contributed by atoms with van der Waals surface area (Å²) in [7, 11) is 0. The van der Waals surface area contributed by atoms with Crippen LogP contribution < -0.4 is 10.5 Å². The van der Waals surface area contributed by atoms with E-state index in [1.165, 1.54) is 37.6 Å². The van der Waals surface area contributed by atoms with Crippen LogP contribution in [-0.4, -0.2) is 31.2 Å². The third-order valence-corrected chi connectivity index (χ3v) is 7.68. The van der Waals surface area contributed by atoms with Crippen molar-refractivity contribution in [1.29, 1.82) is 0 Å². The second kappa shape index (κ2) is 8.89. The zero-order chi connectivity index (χ0) is 24.9. The molecule has 184 valence electrons. The Morgan fingerprint density at radius 3 is 2.61 bits per heavy atom. The van der Waals surface area contributed by atoms with Crippen LogP contribution in [0.1, 0.15) is 62.4 Å². The Labute approximate surface area is 215 Å². The first kappa shape index (κ1) is 23.0. The molecule has 6 rings (SSSR count). The van der Waals surface area contributed by atoms with E-state index in [2.05, 4.69) is 39.2 Å². The van der Waals surface area contributed by atoms with Crippen LogP contribution >= 0.6 is 11.6 Å². The number of rotatable bonds is 4. The molecule has 0 bridgehead atoms. The molecule has 2 aliphatic rings. The molecule has 3 heterocycles. The fourth-order valence-corrected chi connectivity index (χ4v) is 5.69. The normalized spacial score (nSPS) is 21.0. The summed E-state index contributed by atoms with van der Waals surface area (Å²) < 4.78 is 6.12. The third-order valence-electron chi connectivity index (χ3n) is 7.44. The number of nitrogens with two attached hydrogens (primary N) is 1. The van der Waals surface area contributed by atoms with Gasteiger partial charge in [-0.05, 0) is 75.1 Å². The van der Waals surface area contributed by atoms with E-state index in [1.807, 2.05) is 32.0 Å². The molecule has 0 spiro atoms. The second-order valence-electron chi connectivity index (χ2n) is 10.4. The van der Waals surface area contributed by atoms with Crippen LogP contribution in [0.3, 0.4) is 0 Å². The number of nitrogen functional groups attached to an aromatic ring is 1. The Bertz CT molecular complexity index is 1450. The number of imidazole rings is 1. The number of anilines is 1. The lowest BCUT2D eigenvalue weighted by Gasteiger charge is -2.32. The van der Waals surface area contributed by atoms with Gasteiger partial charge in [0, 0.05) is 17.0 Å². The van der Waals surface area contributed by atoms with E-state index in [4.69, 9.17) is 32.0 Å². The van der Waals surface area contributed by atoms with Gasteiger partial charge in [-0.2, -0.15) is 4.98 Å². The van der Waals surface area contributed by atoms with E-state index < -0.39 is 5.60 Å². The maximum absolute atomic E-state index is 6.12. The highest BCUT2D eigenvalue weighted by Crippen LogP contribution is 2.40. The minimum atomic E-state index is -0.616. The van der Waals surface area contributed by atoms with E-state index in [-0.39, 0.29) is 0 Å². The summed E-state index contributed by atoms with van der Waals surface area (Å²) >= 11 is 6.12. The van der Waals surface area contributed by atoms with Gasteiger partial charge in [-0.25, -0.2) is 15.0 Å². The number of nitrogens with zero attached hydrogens (tertiary/aromatic N) is 4. The lowest BCUT2D eigenvalue weighted by Crippen LogP contribution is -2.41. The van der Waals surface area contributed by atoms with Crippen LogP contribution in [0.5, 0.6) is 5.88 Å². The average Bonchev–Trinajstić information content (AvgIpc) is 3.25. The standard InChI is InChI=1S/C28H29ClN6O/c1-28(2)25(35-24-26(30)31-15-32-27(24)36-28)19-9-7-18(8-10-19)17-5-3-16(4-6-17)13-23-33-21-12-11-20(29)14-22(21)34-23/h7-12,14-17H,3-6,13H2,1-2H3,(H,33,34)(H2,30,31,32). The van der Waals surface area contributed by atoms with Crippen molar-refractivity contribution in [2.24, 2.45) is 10.9 Å². The topological polar surface area (TPSA) is 102 Å². The predicted molar refractivity (Wildman–Crippen MR) is 143 cm³/mol.